The Morgan fingerprint density at radius 1 is 1.09 bits per heavy atom. The number of aliphatic hydroxyl groups excluding tert-OH is 1. The minimum atomic E-state index is -0.781. The van der Waals surface area contributed by atoms with Crippen LogP contribution in [0.25, 0.3) is 5.76 Å². The minimum Gasteiger partial charge on any atom is -0.507 e. The van der Waals surface area contributed by atoms with Gasteiger partial charge >= 0.3 is 0 Å². The molecule has 7 nitrogen and oxygen atoms in total. The summed E-state index contributed by atoms with van der Waals surface area (Å²) in [4.78, 5) is 30.2. The number of carbonyl (C=O) groups excluding carboxylic acids is 2. The first-order valence-corrected chi connectivity index (χ1v) is 12.4. The van der Waals surface area contributed by atoms with Crippen LogP contribution < -0.4 is 4.74 Å². The summed E-state index contributed by atoms with van der Waals surface area (Å²) in [6.45, 7) is 11.5. The molecule has 1 aliphatic rings. The summed E-state index contributed by atoms with van der Waals surface area (Å²) in [6.07, 6.45) is 1.54. The van der Waals surface area contributed by atoms with Gasteiger partial charge < -0.3 is 24.7 Å². The topological polar surface area (TPSA) is 90.3 Å². The molecular formula is C28H36N2O5. The van der Waals surface area contributed by atoms with E-state index in [9.17, 15) is 19.8 Å². The molecule has 1 amide bonds. The smallest absolute Gasteiger partial charge is 0.295 e. The lowest BCUT2D eigenvalue weighted by molar-refractivity contribution is -0.140. The summed E-state index contributed by atoms with van der Waals surface area (Å²) in [6, 6.07) is 11.3. The Bertz CT molecular complexity index is 1090. The Hall–Kier alpha value is -3.32. The van der Waals surface area contributed by atoms with Crippen LogP contribution in [0.4, 0.5) is 0 Å². The van der Waals surface area contributed by atoms with Crippen LogP contribution in [0.3, 0.4) is 0 Å². The Kier molecular flexibility index (Phi) is 8.93. The zero-order valence-corrected chi connectivity index (χ0v) is 21.1. The molecule has 35 heavy (non-hydrogen) atoms. The lowest BCUT2D eigenvalue weighted by atomic mass is 9.94. The second-order valence-electron chi connectivity index (χ2n) is 8.81. The molecule has 0 radical (unpaired) electrons. The third-order valence-electron chi connectivity index (χ3n) is 6.36. The number of nitrogens with zero attached hydrogens (tertiary/aromatic N) is 2. The number of ether oxygens (including phenoxy) is 1. The molecule has 2 aromatic rings. The summed E-state index contributed by atoms with van der Waals surface area (Å²) < 4.78 is 5.79. The first-order valence-electron chi connectivity index (χ1n) is 12.4. The monoisotopic (exact) mass is 480 g/mol. The number of Topliss-reactive ketones (excluding diaryl/α,β-unsaturated/α-hetero) is 1. The number of phenolic OH excluding ortho intramolecular Hbond substituents is 1. The summed E-state index contributed by atoms with van der Waals surface area (Å²) >= 11 is 0. The normalized spacial score (nSPS) is 17.4. The number of hydrogen-bond acceptors (Lipinski definition) is 6. The van der Waals surface area contributed by atoms with Crippen LogP contribution in [0, 0.1) is 6.92 Å². The van der Waals surface area contributed by atoms with Gasteiger partial charge in [-0.2, -0.15) is 0 Å². The van der Waals surface area contributed by atoms with Crippen LogP contribution in [-0.2, 0) is 9.59 Å². The largest absolute Gasteiger partial charge is 0.507 e. The molecule has 1 saturated heterocycles. The maximum atomic E-state index is 13.2. The highest BCUT2D eigenvalue weighted by Crippen LogP contribution is 2.41. The molecule has 1 fully saturated rings. The van der Waals surface area contributed by atoms with Crippen LogP contribution in [0.1, 0.15) is 56.3 Å². The van der Waals surface area contributed by atoms with Crippen molar-refractivity contribution in [3.05, 3.63) is 64.7 Å². The number of likely N-dealkylation sites (tertiary alicyclic amines) is 1. The fraction of sp³-hybridized carbons (Fsp3) is 0.429. The van der Waals surface area contributed by atoms with Crippen molar-refractivity contribution in [1.29, 1.82) is 0 Å². The number of rotatable bonds is 11. The number of benzene rings is 2. The summed E-state index contributed by atoms with van der Waals surface area (Å²) in [5.74, 6) is -1.30. The van der Waals surface area contributed by atoms with Gasteiger partial charge in [0.1, 0.15) is 17.3 Å². The quantitative estimate of drug-likeness (QED) is 0.277. The van der Waals surface area contributed by atoms with Gasteiger partial charge in [0.25, 0.3) is 11.7 Å². The van der Waals surface area contributed by atoms with E-state index in [0.29, 0.717) is 30.9 Å². The zero-order chi connectivity index (χ0) is 25.5. The van der Waals surface area contributed by atoms with Crippen LogP contribution in [-0.4, -0.2) is 64.5 Å². The van der Waals surface area contributed by atoms with Crippen molar-refractivity contribution in [2.75, 3.05) is 32.8 Å². The summed E-state index contributed by atoms with van der Waals surface area (Å²) in [7, 11) is 0. The van der Waals surface area contributed by atoms with Crippen LogP contribution in [0.2, 0.25) is 0 Å². The van der Waals surface area contributed by atoms with Gasteiger partial charge in [0.2, 0.25) is 0 Å². The van der Waals surface area contributed by atoms with E-state index in [-0.39, 0.29) is 22.6 Å². The van der Waals surface area contributed by atoms with Crippen molar-refractivity contribution >= 4 is 17.4 Å². The molecule has 0 aromatic heterocycles. The van der Waals surface area contributed by atoms with E-state index in [1.165, 1.54) is 11.0 Å². The number of hydrogen-bond donors (Lipinski definition) is 2. The second kappa shape index (κ2) is 11.9. The Morgan fingerprint density at radius 3 is 2.51 bits per heavy atom. The molecule has 188 valence electrons. The molecule has 1 heterocycles. The molecule has 2 aromatic carbocycles. The van der Waals surface area contributed by atoms with Crippen molar-refractivity contribution in [3.63, 3.8) is 0 Å². The predicted octanol–water partition coefficient (Wildman–Crippen LogP) is 4.64. The van der Waals surface area contributed by atoms with Gasteiger partial charge in [-0.05, 0) is 69.2 Å². The molecule has 0 spiro atoms. The first-order chi connectivity index (χ1) is 16.8. The molecule has 0 bridgehead atoms. The summed E-state index contributed by atoms with van der Waals surface area (Å²) in [5.41, 5.74) is 1.60. The van der Waals surface area contributed by atoms with E-state index >= 15 is 0 Å². The molecule has 0 saturated carbocycles. The van der Waals surface area contributed by atoms with Gasteiger partial charge in [0.15, 0.2) is 0 Å². The van der Waals surface area contributed by atoms with Crippen molar-refractivity contribution < 1.29 is 24.5 Å². The van der Waals surface area contributed by atoms with Crippen molar-refractivity contribution in [2.45, 2.75) is 46.6 Å². The van der Waals surface area contributed by atoms with Crippen LogP contribution in [0.5, 0.6) is 11.5 Å². The lowest BCUT2D eigenvalue weighted by Crippen LogP contribution is -2.33. The number of aliphatic hydroxyl groups is 1. The van der Waals surface area contributed by atoms with Crippen molar-refractivity contribution in [2.24, 2.45) is 0 Å². The fourth-order valence-electron chi connectivity index (χ4n) is 4.44. The maximum absolute atomic E-state index is 13.2. The third-order valence-corrected chi connectivity index (χ3v) is 6.36. The highest BCUT2D eigenvalue weighted by atomic mass is 16.5. The van der Waals surface area contributed by atoms with Crippen molar-refractivity contribution in [1.82, 2.24) is 9.80 Å². The van der Waals surface area contributed by atoms with Crippen LogP contribution >= 0.6 is 0 Å². The van der Waals surface area contributed by atoms with Gasteiger partial charge in [0.05, 0.1) is 23.8 Å². The van der Waals surface area contributed by atoms with Crippen LogP contribution in [0.15, 0.2) is 48.0 Å². The van der Waals surface area contributed by atoms with E-state index in [4.69, 9.17) is 4.74 Å². The van der Waals surface area contributed by atoms with E-state index in [0.717, 1.165) is 31.6 Å². The maximum Gasteiger partial charge on any atom is 0.295 e. The highest BCUT2D eigenvalue weighted by Gasteiger charge is 2.46. The minimum absolute atomic E-state index is 0.0219. The number of ketones is 1. The van der Waals surface area contributed by atoms with Gasteiger partial charge in [-0.3, -0.25) is 9.59 Å². The Morgan fingerprint density at radius 2 is 1.83 bits per heavy atom. The fourth-order valence-corrected chi connectivity index (χ4v) is 4.44. The predicted molar refractivity (Wildman–Crippen MR) is 136 cm³/mol. The van der Waals surface area contributed by atoms with E-state index in [2.05, 4.69) is 18.7 Å². The second-order valence-corrected chi connectivity index (χ2v) is 8.81. The Labute approximate surface area is 207 Å². The van der Waals surface area contributed by atoms with E-state index < -0.39 is 17.7 Å². The molecular weight excluding hydrogens is 444 g/mol. The summed E-state index contributed by atoms with van der Waals surface area (Å²) in [5, 5.41) is 21.7. The number of phenols is 1. The first kappa shape index (κ1) is 26.3. The average Bonchev–Trinajstić information content (AvgIpc) is 3.11. The molecule has 1 aliphatic heterocycles. The SMILES string of the molecule is CCCOc1cccc(C2/C(=C(\O)c3cc(C)ccc3O)C(=O)C(=O)N2CCCN(CC)CC)c1. The Balaban J connectivity index is 2.08. The standard InChI is InChI=1S/C28H36N2O5/c1-5-16-35-21-11-8-10-20(18-21)25-24(26(32)22-17-19(4)12-13-23(22)31)27(33)28(34)30(25)15-9-14-29(6-2)7-3/h8,10-13,17-18,25,31-32H,5-7,9,14-16H2,1-4H3/b26-24+. The molecule has 3 rings (SSSR count). The lowest BCUT2D eigenvalue weighted by Gasteiger charge is -2.27. The number of aryl methyl sites for hydroxylation is 1. The van der Waals surface area contributed by atoms with Gasteiger partial charge in [-0.15, -0.1) is 0 Å². The van der Waals surface area contributed by atoms with E-state index in [1.807, 2.05) is 38.1 Å². The highest BCUT2D eigenvalue weighted by molar-refractivity contribution is 6.46. The molecule has 1 atom stereocenters. The zero-order valence-electron chi connectivity index (χ0n) is 21.1. The number of aromatic hydroxyl groups is 1. The third kappa shape index (κ3) is 5.85. The molecule has 2 N–H and O–H groups in total. The number of amides is 1. The van der Waals surface area contributed by atoms with Crippen molar-refractivity contribution in [3.8, 4) is 11.5 Å². The molecule has 7 heteroatoms. The average molecular weight is 481 g/mol. The van der Waals surface area contributed by atoms with Gasteiger partial charge in [0, 0.05) is 6.54 Å². The van der Waals surface area contributed by atoms with Gasteiger partial charge in [-0.1, -0.05) is 44.5 Å². The van der Waals surface area contributed by atoms with E-state index in [1.54, 1.807) is 12.1 Å². The number of carbonyl (C=O) groups is 2. The molecule has 1 unspecified atom stereocenters. The van der Waals surface area contributed by atoms with Gasteiger partial charge in [-0.25, -0.2) is 0 Å². The molecule has 0 aliphatic carbocycles.